The van der Waals surface area contributed by atoms with Gasteiger partial charge in [0.15, 0.2) is 5.78 Å². The van der Waals surface area contributed by atoms with Crippen molar-refractivity contribution in [2.24, 2.45) is 5.92 Å². The summed E-state index contributed by atoms with van der Waals surface area (Å²) in [6.07, 6.45) is 4.77. The van der Waals surface area contributed by atoms with E-state index in [1.807, 2.05) is 0 Å². The monoisotopic (exact) mass is 397 g/mol. The molecule has 1 aliphatic carbocycles. The number of halogens is 1. The minimum atomic E-state index is -0.289. The number of Topliss-reactive ketones (excluding diaryl/α,β-unsaturated/α-hetero) is 1. The van der Waals surface area contributed by atoms with Crippen LogP contribution in [0, 0.1) is 11.7 Å². The summed E-state index contributed by atoms with van der Waals surface area (Å²) in [6, 6.07) is 12.9. The fourth-order valence-electron chi connectivity index (χ4n) is 2.57. The molecule has 0 spiro atoms. The van der Waals surface area contributed by atoms with Crippen molar-refractivity contribution < 1.29 is 50.4 Å². The van der Waals surface area contributed by atoms with Crippen LogP contribution in [0.25, 0.3) is 0 Å². The second-order valence-corrected chi connectivity index (χ2v) is 6.74. The Labute approximate surface area is 190 Å². The van der Waals surface area contributed by atoms with Gasteiger partial charge in [-0.15, -0.1) is 0 Å². The van der Waals surface area contributed by atoms with Crippen molar-refractivity contribution in [1.82, 2.24) is 5.32 Å². The fraction of sp³-hybridized carbons (Fsp3) is 0.409. The number of ketones is 1. The van der Waals surface area contributed by atoms with Crippen LogP contribution in [0.3, 0.4) is 0 Å². The topological polar surface area (TPSA) is 69.6 Å². The normalized spacial score (nSPS) is 14.7. The summed E-state index contributed by atoms with van der Waals surface area (Å²) in [5, 5.41) is 20.5. The largest absolute Gasteiger partial charge is 1.00 e. The number of rotatable bonds is 4. The SMILES string of the molecule is C1CCNC1.O=C(c1ccc(F)cc1)C1CC1.OCc1ccc(CO)cc1.[H-].[Na+]. The predicted molar refractivity (Wildman–Crippen MR) is 105 cm³/mol. The molecule has 1 aliphatic heterocycles. The molecule has 0 amide bonds. The standard InChI is InChI=1S/C10H9FO.C8H10O2.C4H9N.Na.H/c11-9-5-3-8(4-6-9)10(12)7-1-2-7;9-5-7-1-2-8(6-10)4-3-7;1-2-4-5-3-1;;/h3-7H,1-2H2;1-4,9-10H,5-6H2;5H,1-4H2;;/q;;;+1;-1. The fourth-order valence-corrected chi connectivity index (χ4v) is 2.57. The summed E-state index contributed by atoms with van der Waals surface area (Å²) in [4.78, 5) is 11.4. The van der Waals surface area contributed by atoms with Crippen molar-refractivity contribution in [3.8, 4) is 0 Å². The third-order valence-electron chi connectivity index (χ3n) is 4.42. The number of aliphatic hydroxyl groups is 2. The summed E-state index contributed by atoms with van der Waals surface area (Å²) < 4.78 is 12.5. The molecule has 0 bridgehead atoms. The van der Waals surface area contributed by atoms with Gasteiger partial charge in [-0.1, -0.05) is 24.3 Å². The molecule has 28 heavy (non-hydrogen) atoms. The van der Waals surface area contributed by atoms with E-state index in [4.69, 9.17) is 10.2 Å². The van der Waals surface area contributed by atoms with Gasteiger partial charge in [0.25, 0.3) is 0 Å². The van der Waals surface area contributed by atoms with Gasteiger partial charge in [-0.25, -0.2) is 4.39 Å². The van der Waals surface area contributed by atoms with Gasteiger partial charge >= 0.3 is 29.6 Å². The molecule has 0 unspecified atom stereocenters. The number of hydrogen-bond acceptors (Lipinski definition) is 4. The average Bonchev–Trinajstić information content (AvgIpc) is 3.39. The van der Waals surface area contributed by atoms with Crippen LogP contribution in [0.15, 0.2) is 48.5 Å². The molecule has 2 aromatic carbocycles. The van der Waals surface area contributed by atoms with Gasteiger partial charge in [-0.05, 0) is 74.2 Å². The van der Waals surface area contributed by atoms with E-state index in [0.29, 0.717) is 5.56 Å². The van der Waals surface area contributed by atoms with Crippen LogP contribution >= 0.6 is 0 Å². The molecule has 4 rings (SSSR count). The Morgan fingerprint density at radius 1 is 0.929 bits per heavy atom. The number of hydrogen-bond donors (Lipinski definition) is 3. The maximum absolute atomic E-state index is 12.5. The van der Waals surface area contributed by atoms with Crippen molar-refractivity contribution in [2.45, 2.75) is 38.9 Å². The van der Waals surface area contributed by atoms with Crippen LogP contribution in [0.4, 0.5) is 4.39 Å². The van der Waals surface area contributed by atoms with Crippen molar-refractivity contribution >= 4 is 5.78 Å². The number of aliphatic hydroxyl groups excluding tert-OH is 2. The third-order valence-corrected chi connectivity index (χ3v) is 4.42. The summed E-state index contributed by atoms with van der Waals surface area (Å²) in [5.74, 6) is 0.0906. The van der Waals surface area contributed by atoms with E-state index in [-0.39, 0.29) is 61.7 Å². The quantitative estimate of drug-likeness (QED) is 0.521. The smallest absolute Gasteiger partial charge is 1.00 e. The van der Waals surface area contributed by atoms with E-state index >= 15 is 0 Å². The van der Waals surface area contributed by atoms with E-state index < -0.39 is 0 Å². The Morgan fingerprint density at radius 3 is 1.71 bits per heavy atom. The molecule has 1 saturated heterocycles. The molecule has 2 fully saturated rings. The van der Waals surface area contributed by atoms with Crippen LogP contribution in [0.5, 0.6) is 0 Å². The second-order valence-electron chi connectivity index (χ2n) is 6.74. The van der Waals surface area contributed by atoms with Gasteiger partial charge in [0.05, 0.1) is 13.2 Å². The molecule has 2 aromatic rings. The van der Waals surface area contributed by atoms with Gasteiger partial charge in [-0.3, -0.25) is 4.79 Å². The zero-order chi connectivity index (χ0) is 19.5. The second kappa shape index (κ2) is 14.0. The van der Waals surface area contributed by atoms with Crippen LogP contribution < -0.4 is 34.9 Å². The Kier molecular flexibility index (Phi) is 12.5. The van der Waals surface area contributed by atoms with Crippen molar-refractivity contribution in [3.05, 3.63) is 71.0 Å². The first-order valence-electron chi connectivity index (χ1n) is 9.44. The number of carbonyl (C=O) groups excluding carboxylic acids is 1. The molecule has 0 radical (unpaired) electrons. The Morgan fingerprint density at radius 2 is 1.39 bits per heavy atom. The summed E-state index contributed by atoms with van der Waals surface area (Å²) in [5.41, 5.74) is 2.38. The predicted octanol–water partition coefficient (Wildman–Crippen LogP) is 0.576. The molecule has 148 valence electrons. The Balaban J connectivity index is 0.000000420. The van der Waals surface area contributed by atoms with Gasteiger partial charge in [0, 0.05) is 11.5 Å². The summed E-state index contributed by atoms with van der Waals surface area (Å²) in [7, 11) is 0. The molecule has 0 aromatic heterocycles. The van der Waals surface area contributed by atoms with Crippen LogP contribution in [0.2, 0.25) is 0 Å². The zero-order valence-electron chi connectivity index (χ0n) is 17.5. The first-order valence-corrected chi connectivity index (χ1v) is 9.44. The van der Waals surface area contributed by atoms with Crippen molar-refractivity contribution in [1.29, 1.82) is 0 Å². The minimum Gasteiger partial charge on any atom is -1.00 e. The number of benzene rings is 2. The van der Waals surface area contributed by atoms with Crippen LogP contribution in [-0.4, -0.2) is 29.1 Å². The first-order chi connectivity index (χ1) is 13.1. The van der Waals surface area contributed by atoms with E-state index in [9.17, 15) is 9.18 Å². The molecule has 1 heterocycles. The van der Waals surface area contributed by atoms with E-state index in [0.717, 1.165) is 24.0 Å². The molecule has 4 nitrogen and oxygen atoms in total. The number of carbonyl (C=O) groups is 1. The molecule has 1 saturated carbocycles. The van der Waals surface area contributed by atoms with Gasteiger partial charge in [-0.2, -0.15) is 0 Å². The summed E-state index contributed by atoms with van der Waals surface area (Å²) >= 11 is 0. The van der Waals surface area contributed by atoms with Gasteiger partial charge in [0.2, 0.25) is 0 Å². The minimum absolute atomic E-state index is 0. The molecule has 3 N–H and O–H groups in total. The first kappa shape index (κ1) is 25.0. The van der Waals surface area contributed by atoms with Crippen LogP contribution in [0.1, 0.15) is 48.6 Å². The van der Waals surface area contributed by atoms with E-state index in [2.05, 4.69) is 5.32 Å². The average molecular weight is 397 g/mol. The molecule has 0 atom stereocenters. The van der Waals surface area contributed by atoms with Gasteiger partial charge < -0.3 is 17.0 Å². The van der Waals surface area contributed by atoms with Gasteiger partial charge in [0.1, 0.15) is 5.82 Å². The van der Waals surface area contributed by atoms with Crippen molar-refractivity contribution in [3.63, 3.8) is 0 Å². The molecular formula is C22H29FNNaO3. The Bertz CT molecular complexity index is 660. The molecule has 6 heteroatoms. The Hall–Kier alpha value is -1.08. The number of nitrogens with one attached hydrogen (secondary N) is 1. The summed E-state index contributed by atoms with van der Waals surface area (Å²) in [6.45, 7) is 2.62. The maximum Gasteiger partial charge on any atom is 1.00 e. The van der Waals surface area contributed by atoms with Crippen LogP contribution in [-0.2, 0) is 13.2 Å². The zero-order valence-corrected chi connectivity index (χ0v) is 18.5. The van der Waals surface area contributed by atoms with Crippen molar-refractivity contribution in [2.75, 3.05) is 13.1 Å². The molecule has 2 aliphatic rings. The molecular weight excluding hydrogens is 368 g/mol. The van der Waals surface area contributed by atoms with E-state index in [1.54, 1.807) is 36.4 Å². The maximum atomic E-state index is 12.5. The van der Waals surface area contributed by atoms with E-state index in [1.165, 1.54) is 38.1 Å². The third kappa shape index (κ3) is 9.41.